The first-order valence-electron chi connectivity index (χ1n) is 13.4. The van der Waals surface area contributed by atoms with E-state index < -0.39 is 0 Å². The summed E-state index contributed by atoms with van der Waals surface area (Å²) in [5, 5.41) is 0. The Morgan fingerprint density at radius 3 is 2.59 bits per heavy atom. The highest BCUT2D eigenvalue weighted by molar-refractivity contribution is 5.82. The quantitative estimate of drug-likeness (QED) is 0.229. The molecule has 0 radical (unpaired) electrons. The van der Waals surface area contributed by atoms with Crippen LogP contribution in [-0.4, -0.2) is 44.7 Å². The van der Waals surface area contributed by atoms with Gasteiger partial charge in [-0.2, -0.15) is 0 Å². The number of Topliss-reactive ketones (excluding diaryl/α,β-unsaturated/α-hetero) is 1. The number of fused-ring (bicyclic) bond motifs is 1. The smallest absolute Gasteiger partial charge is 0.213 e. The normalized spacial score (nSPS) is 12.2. The van der Waals surface area contributed by atoms with E-state index in [4.69, 9.17) is 19.2 Å². The first-order chi connectivity index (χ1) is 19.1. The molecule has 2 heterocycles. The minimum atomic E-state index is 0.247. The van der Waals surface area contributed by atoms with E-state index in [9.17, 15) is 4.79 Å². The van der Waals surface area contributed by atoms with Gasteiger partial charge in [0.15, 0.2) is 11.5 Å². The molecule has 0 saturated carbocycles. The fraction of sp³-hybridized carbons (Fsp3) is 0.273. The van der Waals surface area contributed by atoms with Crippen LogP contribution in [0.5, 0.6) is 17.4 Å². The van der Waals surface area contributed by atoms with Gasteiger partial charge in [-0.1, -0.05) is 48.5 Å². The van der Waals surface area contributed by atoms with Gasteiger partial charge in [0, 0.05) is 49.7 Å². The van der Waals surface area contributed by atoms with Crippen molar-refractivity contribution in [1.82, 2.24) is 4.98 Å². The van der Waals surface area contributed by atoms with E-state index in [1.165, 1.54) is 11.3 Å². The largest absolute Gasteiger partial charge is 0.493 e. The molecule has 6 heteroatoms. The van der Waals surface area contributed by atoms with Gasteiger partial charge in [0.25, 0.3) is 0 Å². The number of pyridine rings is 1. The molecule has 0 spiro atoms. The maximum absolute atomic E-state index is 12.8. The lowest BCUT2D eigenvalue weighted by atomic mass is 10.0. The van der Waals surface area contributed by atoms with Crippen LogP contribution >= 0.6 is 0 Å². The molecule has 0 bridgehead atoms. The molecule has 39 heavy (non-hydrogen) atoms. The Morgan fingerprint density at radius 1 is 0.872 bits per heavy atom. The van der Waals surface area contributed by atoms with Crippen molar-refractivity contribution in [3.05, 3.63) is 102 Å². The van der Waals surface area contributed by atoms with Gasteiger partial charge in [0.05, 0.1) is 26.5 Å². The lowest BCUT2D eigenvalue weighted by Gasteiger charge is -2.18. The monoisotopic (exact) mass is 522 g/mol. The Balaban J connectivity index is 1.16. The van der Waals surface area contributed by atoms with Crippen LogP contribution in [0.3, 0.4) is 0 Å². The second-order valence-corrected chi connectivity index (χ2v) is 9.68. The molecule has 0 saturated heterocycles. The van der Waals surface area contributed by atoms with Crippen LogP contribution in [0.2, 0.25) is 0 Å². The molecule has 1 aromatic heterocycles. The van der Waals surface area contributed by atoms with Crippen LogP contribution in [0.15, 0.2) is 84.9 Å². The highest BCUT2D eigenvalue weighted by Gasteiger charge is 2.19. The van der Waals surface area contributed by atoms with Gasteiger partial charge in [0.2, 0.25) is 5.88 Å². The van der Waals surface area contributed by atoms with Crippen molar-refractivity contribution in [3.63, 3.8) is 0 Å². The molecular formula is C33H34N2O4. The molecule has 4 aromatic rings. The van der Waals surface area contributed by atoms with Crippen LogP contribution in [0, 0.1) is 0 Å². The highest BCUT2D eigenvalue weighted by atomic mass is 16.5. The van der Waals surface area contributed by atoms with Gasteiger partial charge in [-0.15, -0.1) is 0 Å². The zero-order valence-electron chi connectivity index (χ0n) is 22.6. The summed E-state index contributed by atoms with van der Waals surface area (Å²) < 4.78 is 16.7. The van der Waals surface area contributed by atoms with Crippen LogP contribution in [0.1, 0.15) is 23.1 Å². The number of methoxy groups -OCH3 is 2. The first kappa shape index (κ1) is 26.3. The third-order valence-corrected chi connectivity index (χ3v) is 7.08. The van der Waals surface area contributed by atoms with Crippen molar-refractivity contribution in [2.24, 2.45) is 0 Å². The Kier molecular flexibility index (Phi) is 8.42. The summed E-state index contributed by atoms with van der Waals surface area (Å²) in [5.74, 6) is 2.23. The average molecular weight is 523 g/mol. The van der Waals surface area contributed by atoms with Gasteiger partial charge in [0.1, 0.15) is 5.78 Å². The van der Waals surface area contributed by atoms with E-state index in [1.807, 2.05) is 54.6 Å². The molecule has 0 N–H and O–H groups in total. The maximum atomic E-state index is 12.8. The molecular weight excluding hydrogens is 488 g/mol. The Labute approximate surface area is 230 Å². The van der Waals surface area contributed by atoms with E-state index in [2.05, 4.69) is 35.2 Å². The first-order valence-corrected chi connectivity index (χ1v) is 13.4. The minimum Gasteiger partial charge on any atom is -0.493 e. The third kappa shape index (κ3) is 6.58. The summed E-state index contributed by atoms with van der Waals surface area (Å²) in [6, 6.07) is 28.2. The molecule has 1 aliphatic rings. The summed E-state index contributed by atoms with van der Waals surface area (Å²) in [4.78, 5) is 19.8. The average Bonchev–Trinajstić information content (AvgIpc) is 3.39. The van der Waals surface area contributed by atoms with Crippen LogP contribution in [0.4, 0.5) is 5.69 Å². The Bertz CT molecular complexity index is 1430. The van der Waals surface area contributed by atoms with Crippen molar-refractivity contribution in [2.75, 3.05) is 38.8 Å². The highest BCUT2D eigenvalue weighted by Crippen LogP contribution is 2.29. The van der Waals surface area contributed by atoms with Crippen molar-refractivity contribution >= 4 is 11.5 Å². The predicted molar refractivity (Wildman–Crippen MR) is 154 cm³/mol. The van der Waals surface area contributed by atoms with Gasteiger partial charge in [-0.25, -0.2) is 4.98 Å². The number of para-hydroxylation sites is 1. The number of rotatable bonds is 12. The SMILES string of the molecule is COc1ccc(CCOc2cccc(-c3cccc(CC(=O)CCN4CCc5ccccc54)c3)n2)cc1OC. The van der Waals surface area contributed by atoms with Gasteiger partial charge in [-0.05, 0) is 53.4 Å². The molecule has 0 unspecified atom stereocenters. The van der Waals surface area contributed by atoms with Crippen LogP contribution < -0.4 is 19.1 Å². The minimum absolute atomic E-state index is 0.247. The molecule has 0 fully saturated rings. The number of anilines is 1. The molecule has 1 aliphatic heterocycles. The Hall–Kier alpha value is -4.32. The van der Waals surface area contributed by atoms with E-state index in [0.717, 1.165) is 41.9 Å². The summed E-state index contributed by atoms with van der Waals surface area (Å²) in [6.07, 6.45) is 2.73. The molecule has 5 rings (SSSR count). The second-order valence-electron chi connectivity index (χ2n) is 9.68. The van der Waals surface area contributed by atoms with E-state index in [-0.39, 0.29) is 5.78 Å². The fourth-order valence-corrected chi connectivity index (χ4v) is 5.02. The van der Waals surface area contributed by atoms with Crippen molar-refractivity contribution in [1.29, 1.82) is 0 Å². The lowest BCUT2D eigenvalue weighted by molar-refractivity contribution is -0.118. The Morgan fingerprint density at radius 2 is 1.72 bits per heavy atom. The number of benzene rings is 3. The zero-order valence-corrected chi connectivity index (χ0v) is 22.6. The van der Waals surface area contributed by atoms with E-state index >= 15 is 0 Å². The predicted octanol–water partition coefficient (Wildman–Crippen LogP) is 5.95. The number of hydrogen-bond acceptors (Lipinski definition) is 6. The zero-order chi connectivity index (χ0) is 27.0. The molecule has 6 nitrogen and oxygen atoms in total. The number of carbonyl (C=O) groups is 1. The van der Waals surface area contributed by atoms with Crippen molar-refractivity contribution < 1.29 is 19.0 Å². The lowest BCUT2D eigenvalue weighted by Crippen LogP contribution is -2.24. The van der Waals surface area contributed by atoms with Crippen LogP contribution in [-0.2, 0) is 24.1 Å². The third-order valence-electron chi connectivity index (χ3n) is 7.08. The number of nitrogens with zero attached hydrogens (tertiary/aromatic N) is 2. The summed E-state index contributed by atoms with van der Waals surface area (Å²) >= 11 is 0. The molecule has 0 amide bonds. The second kappa shape index (κ2) is 12.5. The molecule has 3 aromatic carbocycles. The molecule has 0 aliphatic carbocycles. The number of carbonyl (C=O) groups excluding carboxylic acids is 1. The fourth-order valence-electron chi connectivity index (χ4n) is 5.02. The van der Waals surface area contributed by atoms with Crippen LogP contribution in [0.25, 0.3) is 11.3 Å². The summed E-state index contributed by atoms with van der Waals surface area (Å²) in [6.45, 7) is 2.24. The number of hydrogen-bond donors (Lipinski definition) is 0. The molecule has 200 valence electrons. The molecule has 0 atom stereocenters. The van der Waals surface area contributed by atoms with Gasteiger partial charge < -0.3 is 19.1 Å². The van der Waals surface area contributed by atoms with Crippen molar-refractivity contribution in [3.8, 4) is 28.6 Å². The number of aromatic nitrogens is 1. The topological polar surface area (TPSA) is 60.9 Å². The number of ketones is 1. The van der Waals surface area contributed by atoms with E-state index in [1.54, 1.807) is 14.2 Å². The van der Waals surface area contributed by atoms with Gasteiger partial charge >= 0.3 is 0 Å². The van der Waals surface area contributed by atoms with E-state index in [0.29, 0.717) is 43.2 Å². The standard InChI is InChI=1S/C33H34N2O4/c1-37-31-14-13-24(23-32(31)38-2)17-20-39-33-12-6-10-29(34-33)27-9-5-7-25(21-27)22-28(36)16-19-35-18-15-26-8-3-4-11-30(26)35/h3-14,21,23H,15-20,22H2,1-2H3. The van der Waals surface area contributed by atoms with Gasteiger partial charge in [-0.3, -0.25) is 4.79 Å². The number of ether oxygens (including phenoxy) is 3. The summed E-state index contributed by atoms with van der Waals surface area (Å²) in [7, 11) is 3.26. The maximum Gasteiger partial charge on any atom is 0.213 e. The van der Waals surface area contributed by atoms with Crippen molar-refractivity contribution in [2.45, 2.75) is 25.7 Å². The summed E-state index contributed by atoms with van der Waals surface area (Å²) in [5.41, 5.74) is 6.53.